The van der Waals surface area contributed by atoms with Crippen molar-refractivity contribution in [2.45, 2.75) is 19.9 Å². The Morgan fingerprint density at radius 1 is 1.06 bits per heavy atom. The zero-order valence-corrected chi connectivity index (χ0v) is 21.5. The van der Waals surface area contributed by atoms with E-state index in [9.17, 15) is 4.79 Å². The van der Waals surface area contributed by atoms with Crippen LogP contribution in [0.2, 0.25) is 10.0 Å². The third-order valence-electron chi connectivity index (χ3n) is 4.89. The Labute approximate surface area is 212 Å². The lowest BCUT2D eigenvalue weighted by Crippen LogP contribution is -2.20. The first-order valence-corrected chi connectivity index (χ1v) is 11.9. The van der Waals surface area contributed by atoms with Crippen LogP contribution in [0, 0.1) is 6.92 Å². The SMILES string of the molecule is COc1cc(CNCCc2ccc(Cl)cc2Cl)cc(Br)c1OCC(=O)Nc1ccc(C)cc1. The van der Waals surface area contributed by atoms with Crippen molar-refractivity contribution in [3.8, 4) is 11.5 Å². The van der Waals surface area contributed by atoms with Gasteiger partial charge in [0.15, 0.2) is 18.1 Å². The molecule has 0 aliphatic carbocycles. The molecule has 0 aliphatic heterocycles. The van der Waals surface area contributed by atoms with E-state index in [1.165, 1.54) is 0 Å². The van der Waals surface area contributed by atoms with Crippen molar-refractivity contribution in [2.75, 3.05) is 25.6 Å². The van der Waals surface area contributed by atoms with Crippen molar-refractivity contribution in [3.05, 3.63) is 85.8 Å². The maximum absolute atomic E-state index is 12.3. The number of benzene rings is 3. The fourth-order valence-electron chi connectivity index (χ4n) is 3.17. The van der Waals surface area contributed by atoms with Gasteiger partial charge in [-0.25, -0.2) is 0 Å². The lowest BCUT2D eigenvalue weighted by atomic mass is 10.1. The molecule has 3 aromatic carbocycles. The molecule has 0 bridgehead atoms. The fraction of sp³-hybridized carbons (Fsp3) is 0.240. The summed E-state index contributed by atoms with van der Waals surface area (Å²) in [6.07, 6.45) is 0.783. The number of hydrogen-bond acceptors (Lipinski definition) is 4. The minimum atomic E-state index is -0.251. The molecular formula is C25H25BrCl2N2O3. The smallest absolute Gasteiger partial charge is 0.262 e. The summed E-state index contributed by atoms with van der Waals surface area (Å²) in [6.45, 7) is 3.24. The van der Waals surface area contributed by atoms with E-state index in [2.05, 4.69) is 26.6 Å². The molecule has 0 unspecified atom stereocenters. The fourth-order valence-corrected chi connectivity index (χ4v) is 4.27. The molecule has 5 nitrogen and oxygen atoms in total. The van der Waals surface area contributed by atoms with Gasteiger partial charge in [0, 0.05) is 22.3 Å². The van der Waals surface area contributed by atoms with Crippen LogP contribution in [0.3, 0.4) is 0 Å². The van der Waals surface area contributed by atoms with Gasteiger partial charge < -0.3 is 20.1 Å². The van der Waals surface area contributed by atoms with E-state index >= 15 is 0 Å². The summed E-state index contributed by atoms with van der Waals surface area (Å²) >= 11 is 15.7. The molecule has 1 amide bonds. The van der Waals surface area contributed by atoms with E-state index < -0.39 is 0 Å². The van der Waals surface area contributed by atoms with E-state index in [4.69, 9.17) is 32.7 Å². The van der Waals surface area contributed by atoms with Gasteiger partial charge in [-0.2, -0.15) is 0 Å². The predicted molar refractivity (Wildman–Crippen MR) is 138 cm³/mol. The molecule has 0 spiro atoms. The second-order valence-corrected chi connectivity index (χ2v) is 9.17. The van der Waals surface area contributed by atoms with Crippen LogP contribution in [0.1, 0.15) is 16.7 Å². The minimum Gasteiger partial charge on any atom is -0.493 e. The number of nitrogens with one attached hydrogen (secondary N) is 2. The number of rotatable bonds is 10. The lowest BCUT2D eigenvalue weighted by Gasteiger charge is -2.15. The highest BCUT2D eigenvalue weighted by molar-refractivity contribution is 9.10. The molecule has 0 saturated carbocycles. The van der Waals surface area contributed by atoms with Gasteiger partial charge in [0.05, 0.1) is 11.6 Å². The maximum Gasteiger partial charge on any atom is 0.262 e. The molecule has 0 saturated heterocycles. The van der Waals surface area contributed by atoms with Crippen molar-refractivity contribution in [1.29, 1.82) is 0 Å². The molecule has 0 atom stereocenters. The third-order valence-corrected chi connectivity index (χ3v) is 6.06. The summed E-state index contributed by atoms with van der Waals surface area (Å²) in [5, 5.41) is 7.51. The van der Waals surface area contributed by atoms with Crippen LogP contribution in [0.15, 0.2) is 59.1 Å². The molecular weight excluding hydrogens is 527 g/mol. The van der Waals surface area contributed by atoms with Gasteiger partial charge in [0.1, 0.15) is 0 Å². The molecule has 0 heterocycles. The summed E-state index contributed by atoms with van der Waals surface area (Å²) < 4.78 is 11.9. The van der Waals surface area contributed by atoms with E-state index in [0.717, 1.165) is 35.3 Å². The monoisotopic (exact) mass is 550 g/mol. The highest BCUT2D eigenvalue weighted by Crippen LogP contribution is 2.36. The van der Waals surface area contributed by atoms with Crippen molar-refractivity contribution in [2.24, 2.45) is 0 Å². The summed E-state index contributed by atoms with van der Waals surface area (Å²) in [5.41, 5.74) is 3.90. The number of anilines is 1. The number of carbonyl (C=O) groups is 1. The average Bonchev–Trinajstić information content (AvgIpc) is 2.78. The molecule has 0 aliphatic rings. The van der Waals surface area contributed by atoms with E-state index in [0.29, 0.717) is 32.6 Å². The van der Waals surface area contributed by atoms with Crippen LogP contribution in [0.5, 0.6) is 11.5 Å². The maximum atomic E-state index is 12.3. The van der Waals surface area contributed by atoms with Crippen LogP contribution in [-0.2, 0) is 17.8 Å². The Kier molecular flexibility index (Phi) is 9.44. The minimum absolute atomic E-state index is 0.137. The summed E-state index contributed by atoms with van der Waals surface area (Å²) in [7, 11) is 1.57. The number of ether oxygens (including phenoxy) is 2. The quantitative estimate of drug-likeness (QED) is 0.285. The van der Waals surface area contributed by atoms with Gasteiger partial charge in [-0.1, -0.05) is 47.0 Å². The van der Waals surface area contributed by atoms with Gasteiger partial charge in [-0.15, -0.1) is 0 Å². The number of amides is 1. The zero-order valence-electron chi connectivity index (χ0n) is 18.4. The normalized spacial score (nSPS) is 10.7. The van der Waals surface area contributed by atoms with E-state index in [-0.39, 0.29) is 12.5 Å². The first kappa shape index (κ1) is 25.4. The molecule has 0 aromatic heterocycles. The third kappa shape index (κ3) is 7.64. The largest absolute Gasteiger partial charge is 0.493 e. The second kappa shape index (κ2) is 12.3. The number of methoxy groups -OCH3 is 1. The van der Waals surface area contributed by atoms with Crippen LogP contribution >= 0.6 is 39.1 Å². The number of halogens is 3. The molecule has 0 radical (unpaired) electrons. The zero-order chi connectivity index (χ0) is 23.8. The van der Waals surface area contributed by atoms with E-state index in [1.807, 2.05) is 55.5 Å². The van der Waals surface area contributed by atoms with Gasteiger partial charge in [0.2, 0.25) is 0 Å². The molecule has 3 rings (SSSR count). The molecule has 3 aromatic rings. The Bertz CT molecular complexity index is 1110. The summed E-state index contributed by atoms with van der Waals surface area (Å²) in [4.78, 5) is 12.3. The van der Waals surface area contributed by atoms with Crippen molar-refractivity contribution < 1.29 is 14.3 Å². The predicted octanol–water partition coefficient (Wildman–Crippen LogP) is 6.42. The highest BCUT2D eigenvalue weighted by atomic mass is 79.9. The van der Waals surface area contributed by atoms with Gasteiger partial charge in [0.25, 0.3) is 5.91 Å². The molecule has 2 N–H and O–H groups in total. The molecule has 8 heteroatoms. The summed E-state index contributed by atoms with van der Waals surface area (Å²) in [5.74, 6) is 0.776. The number of carbonyl (C=O) groups excluding carboxylic acids is 1. The second-order valence-electron chi connectivity index (χ2n) is 7.47. The molecule has 174 valence electrons. The average molecular weight is 552 g/mol. The van der Waals surface area contributed by atoms with Gasteiger partial charge >= 0.3 is 0 Å². The van der Waals surface area contributed by atoms with Crippen LogP contribution in [0.25, 0.3) is 0 Å². The van der Waals surface area contributed by atoms with Crippen molar-refractivity contribution in [1.82, 2.24) is 5.32 Å². The Morgan fingerprint density at radius 3 is 2.52 bits per heavy atom. The first-order chi connectivity index (χ1) is 15.9. The molecule has 33 heavy (non-hydrogen) atoms. The number of hydrogen-bond donors (Lipinski definition) is 2. The Balaban J connectivity index is 1.53. The van der Waals surface area contributed by atoms with Crippen LogP contribution in [-0.4, -0.2) is 26.2 Å². The van der Waals surface area contributed by atoms with Crippen LogP contribution in [0.4, 0.5) is 5.69 Å². The summed E-state index contributed by atoms with van der Waals surface area (Å²) in [6, 6.07) is 16.9. The Hall–Kier alpha value is -2.25. The van der Waals surface area contributed by atoms with Crippen molar-refractivity contribution in [3.63, 3.8) is 0 Å². The highest BCUT2D eigenvalue weighted by Gasteiger charge is 2.14. The Morgan fingerprint density at radius 2 is 1.82 bits per heavy atom. The lowest BCUT2D eigenvalue weighted by molar-refractivity contribution is -0.118. The molecule has 0 fully saturated rings. The first-order valence-electron chi connectivity index (χ1n) is 10.4. The van der Waals surface area contributed by atoms with Crippen LogP contribution < -0.4 is 20.1 Å². The number of aryl methyl sites for hydroxylation is 1. The van der Waals surface area contributed by atoms with Gasteiger partial charge in [-0.3, -0.25) is 4.79 Å². The topological polar surface area (TPSA) is 59.6 Å². The van der Waals surface area contributed by atoms with Crippen molar-refractivity contribution >= 4 is 50.7 Å². The van der Waals surface area contributed by atoms with E-state index in [1.54, 1.807) is 13.2 Å². The standard InChI is InChI=1S/C25H25BrCl2N2O3/c1-16-3-7-20(8-4-16)30-24(31)15-33-25-21(26)11-17(12-23(25)32-2)14-29-10-9-18-5-6-19(27)13-22(18)28/h3-8,11-13,29H,9-10,14-15H2,1-2H3,(H,30,31). The van der Waals surface area contributed by atoms with Gasteiger partial charge in [-0.05, 0) is 83.3 Å².